The largest absolute Gasteiger partial charge is 0.161 e. The number of hydrogen-bond acceptors (Lipinski definition) is 1. The van der Waals surface area contributed by atoms with Crippen molar-refractivity contribution in [3.8, 4) is 0 Å². The van der Waals surface area contributed by atoms with Gasteiger partial charge in [0, 0.05) is 5.75 Å². The number of allylic oxidation sites excluding steroid dienone is 1. The summed E-state index contributed by atoms with van der Waals surface area (Å²) in [6, 6.07) is 0. The first-order chi connectivity index (χ1) is 5.43. The maximum Gasteiger partial charge on any atom is 0.0140 e. The van der Waals surface area contributed by atoms with E-state index in [1.54, 1.807) is 5.57 Å². The van der Waals surface area contributed by atoms with Crippen LogP contribution in [0.2, 0.25) is 0 Å². The van der Waals surface area contributed by atoms with E-state index in [1.165, 1.54) is 44.3 Å². The highest BCUT2D eigenvalue weighted by molar-refractivity contribution is 7.98. The van der Waals surface area contributed by atoms with Crippen molar-refractivity contribution in [1.82, 2.24) is 0 Å². The smallest absolute Gasteiger partial charge is 0.0140 e. The van der Waals surface area contributed by atoms with Crippen molar-refractivity contribution in [2.75, 3.05) is 12.0 Å². The predicted molar refractivity (Wildman–Crippen MR) is 54.2 cm³/mol. The van der Waals surface area contributed by atoms with E-state index >= 15 is 0 Å². The summed E-state index contributed by atoms with van der Waals surface area (Å²) in [6.07, 6.45) is 13.1. The third-order valence-corrected chi connectivity index (χ3v) is 2.87. The van der Waals surface area contributed by atoms with Gasteiger partial charge in [-0.2, -0.15) is 11.8 Å². The molecule has 1 rings (SSSR count). The molecule has 11 heavy (non-hydrogen) atoms. The lowest BCUT2D eigenvalue weighted by molar-refractivity contribution is 0.626. The number of hydrogen-bond donors (Lipinski definition) is 0. The maximum atomic E-state index is 2.47. The van der Waals surface area contributed by atoms with E-state index in [9.17, 15) is 0 Å². The Bertz CT molecular complexity index is 127. The summed E-state index contributed by atoms with van der Waals surface area (Å²) < 4.78 is 0. The Hall–Kier alpha value is 0.0900. The minimum atomic E-state index is 1.26. The lowest BCUT2D eigenvalue weighted by Gasteiger charge is -2.09. The van der Waals surface area contributed by atoms with E-state index in [0.29, 0.717) is 0 Å². The molecule has 0 N–H and O–H groups in total. The highest BCUT2D eigenvalue weighted by atomic mass is 32.2. The molecule has 0 aromatic carbocycles. The summed E-state index contributed by atoms with van der Waals surface area (Å²) in [6.45, 7) is 0. The third-order valence-electron chi connectivity index (χ3n) is 2.21. The quantitative estimate of drug-likeness (QED) is 0.570. The van der Waals surface area contributed by atoms with Crippen molar-refractivity contribution in [2.24, 2.45) is 0 Å². The van der Waals surface area contributed by atoms with Crippen LogP contribution in [0.1, 0.15) is 38.5 Å². The Labute approximate surface area is 74.5 Å². The molecule has 1 aliphatic carbocycles. The van der Waals surface area contributed by atoms with Crippen LogP contribution >= 0.6 is 11.8 Å². The van der Waals surface area contributed by atoms with Crippen LogP contribution in [0.5, 0.6) is 0 Å². The fourth-order valence-corrected chi connectivity index (χ4v) is 2.21. The Kier molecular flexibility index (Phi) is 4.76. The van der Waals surface area contributed by atoms with Crippen LogP contribution in [0.4, 0.5) is 0 Å². The van der Waals surface area contributed by atoms with Crippen LogP contribution in [0, 0.1) is 0 Å². The van der Waals surface area contributed by atoms with Gasteiger partial charge >= 0.3 is 0 Å². The average Bonchev–Trinajstić information content (AvgIpc) is 1.94. The highest BCUT2D eigenvalue weighted by Gasteiger charge is 2.00. The van der Waals surface area contributed by atoms with Gasteiger partial charge in [0.05, 0.1) is 0 Å². The van der Waals surface area contributed by atoms with Gasteiger partial charge in [-0.3, -0.25) is 0 Å². The van der Waals surface area contributed by atoms with Crippen LogP contribution < -0.4 is 0 Å². The van der Waals surface area contributed by atoms with Crippen molar-refractivity contribution < 1.29 is 0 Å². The summed E-state index contributed by atoms with van der Waals surface area (Å²) in [4.78, 5) is 0. The Morgan fingerprint density at radius 3 is 2.91 bits per heavy atom. The molecule has 0 saturated heterocycles. The SMILES string of the molecule is CSCC1=CCCCCCC1. The van der Waals surface area contributed by atoms with Crippen LogP contribution in [-0.4, -0.2) is 12.0 Å². The van der Waals surface area contributed by atoms with Gasteiger partial charge in [-0.1, -0.05) is 24.5 Å². The first-order valence-electron chi connectivity index (χ1n) is 4.60. The molecule has 0 fully saturated rings. The van der Waals surface area contributed by atoms with Crippen LogP contribution in [-0.2, 0) is 0 Å². The fourth-order valence-electron chi connectivity index (χ4n) is 1.57. The number of thioether (sulfide) groups is 1. The van der Waals surface area contributed by atoms with Crippen molar-refractivity contribution >= 4 is 11.8 Å². The van der Waals surface area contributed by atoms with Crippen molar-refractivity contribution in [3.05, 3.63) is 11.6 Å². The summed E-state index contributed by atoms with van der Waals surface area (Å²) in [5.74, 6) is 1.26. The molecule has 1 aliphatic rings. The van der Waals surface area contributed by atoms with Gasteiger partial charge in [0.25, 0.3) is 0 Å². The second kappa shape index (κ2) is 5.70. The molecule has 0 nitrogen and oxygen atoms in total. The van der Waals surface area contributed by atoms with Gasteiger partial charge in [0.1, 0.15) is 0 Å². The van der Waals surface area contributed by atoms with Crippen LogP contribution in [0.25, 0.3) is 0 Å². The minimum absolute atomic E-state index is 1.26. The monoisotopic (exact) mass is 170 g/mol. The van der Waals surface area contributed by atoms with E-state index in [-0.39, 0.29) is 0 Å². The average molecular weight is 170 g/mol. The number of rotatable bonds is 2. The topological polar surface area (TPSA) is 0 Å². The van der Waals surface area contributed by atoms with E-state index in [1.807, 2.05) is 11.8 Å². The molecule has 0 aliphatic heterocycles. The Morgan fingerprint density at radius 2 is 2.09 bits per heavy atom. The summed E-state index contributed by atoms with van der Waals surface area (Å²) in [5.41, 5.74) is 1.69. The molecular weight excluding hydrogens is 152 g/mol. The second-order valence-electron chi connectivity index (χ2n) is 3.25. The molecule has 0 heterocycles. The van der Waals surface area contributed by atoms with Gasteiger partial charge in [0.15, 0.2) is 0 Å². The molecule has 0 amide bonds. The van der Waals surface area contributed by atoms with E-state index in [4.69, 9.17) is 0 Å². The van der Waals surface area contributed by atoms with Gasteiger partial charge in [0.2, 0.25) is 0 Å². The molecule has 1 heteroatoms. The normalized spacial score (nSPS) is 20.3. The maximum absolute atomic E-state index is 2.47. The van der Waals surface area contributed by atoms with E-state index in [2.05, 4.69) is 12.3 Å². The molecule has 0 aromatic rings. The third kappa shape index (κ3) is 3.85. The van der Waals surface area contributed by atoms with E-state index < -0.39 is 0 Å². The molecule has 0 unspecified atom stereocenters. The van der Waals surface area contributed by atoms with Crippen LogP contribution in [0.3, 0.4) is 0 Å². The predicted octanol–water partition coefficient (Wildman–Crippen LogP) is 3.63. The molecule has 0 radical (unpaired) electrons. The molecule has 0 atom stereocenters. The standard InChI is InChI=1S/C10H18S/c1-11-9-10-7-5-3-2-4-6-8-10/h7H,2-6,8-9H2,1H3. The Morgan fingerprint density at radius 1 is 1.27 bits per heavy atom. The summed E-state index contributed by atoms with van der Waals surface area (Å²) >= 11 is 1.96. The Balaban J connectivity index is 2.32. The van der Waals surface area contributed by atoms with Crippen molar-refractivity contribution in [1.29, 1.82) is 0 Å². The summed E-state index contributed by atoms with van der Waals surface area (Å²) in [5, 5.41) is 0. The lowest BCUT2D eigenvalue weighted by Crippen LogP contribution is -1.92. The molecule has 0 aromatic heterocycles. The van der Waals surface area contributed by atoms with Crippen LogP contribution in [0.15, 0.2) is 11.6 Å². The summed E-state index contributed by atoms with van der Waals surface area (Å²) in [7, 11) is 0. The highest BCUT2D eigenvalue weighted by Crippen LogP contribution is 2.19. The zero-order valence-electron chi connectivity index (χ0n) is 7.44. The van der Waals surface area contributed by atoms with Gasteiger partial charge < -0.3 is 0 Å². The van der Waals surface area contributed by atoms with Crippen molar-refractivity contribution in [2.45, 2.75) is 38.5 Å². The minimum Gasteiger partial charge on any atom is -0.161 e. The molecule has 0 saturated carbocycles. The molecule has 64 valence electrons. The van der Waals surface area contributed by atoms with Gasteiger partial charge in [-0.05, 0) is 31.9 Å². The lowest BCUT2D eigenvalue weighted by atomic mass is 10.0. The first-order valence-corrected chi connectivity index (χ1v) is 5.99. The first kappa shape index (κ1) is 9.18. The zero-order chi connectivity index (χ0) is 7.94. The van der Waals surface area contributed by atoms with E-state index in [0.717, 1.165) is 0 Å². The molecule has 0 spiro atoms. The van der Waals surface area contributed by atoms with Crippen molar-refractivity contribution in [3.63, 3.8) is 0 Å². The molecular formula is C10H18S. The second-order valence-corrected chi connectivity index (χ2v) is 4.11. The van der Waals surface area contributed by atoms with Gasteiger partial charge in [-0.15, -0.1) is 0 Å². The molecule has 0 bridgehead atoms. The zero-order valence-corrected chi connectivity index (χ0v) is 8.25. The van der Waals surface area contributed by atoms with Gasteiger partial charge in [-0.25, -0.2) is 0 Å². The fraction of sp³-hybridized carbons (Fsp3) is 0.800.